The summed E-state index contributed by atoms with van der Waals surface area (Å²) < 4.78 is 11.7. The van der Waals surface area contributed by atoms with Crippen LogP contribution in [0.4, 0.5) is 0 Å². The highest BCUT2D eigenvalue weighted by atomic mass is 16.5. The molecule has 0 radical (unpaired) electrons. The summed E-state index contributed by atoms with van der Waals surface area (Å²) in [4.78, 5) is 13.1. The van der Waals surface area contributed by atoms with Crippen molar-refractivity contribution in [3.8, 4) is 11.6 Å². The smallest absolute Gasteiger partial charge is 0.267 e. The Kier molecular flexibility index (Phi) is 2.96. The van der Waals surface area contributed by atoms with E-state index >= 15 is 0 Å². The highest BCUT2D eigenvalue weighted by Gasteiger charge is 2.16. The van der Waals surface area contributed by atoms with Crippen LogP contribution in [-0.2, 0) is 6.42 Å². The molecule has 0 aliphatic carbocycles. The molecule has 4 aromatic rings. The van der Waals surface area contributed by atoms with Gasteiger partial charge in [-0.25, -0.2) is 4.98 Å². The summed E-state index contributed by atoms with van der Waals surface area (Å²) in [6.45, 7) is 2.01. The van der Waals surface area contributed by atoms with Crippen LogP contribution in [0.1, 0.15) is 12.7 Å². The molecule has 0 saturated carbocycles. The molecular weight excluding hydrogens is 278 g/mol. The number of hydrogen-bond donors (Lipinski definition) is 0. The standard InChI is InChI=1S/C17H13N3O2/c1-2-14-19-15-12-7-3-4-8-13(12)22-16(15)17(20-14)21-11-6-5-9-18-10-11/h3-10H,2H2,1H3. The minimum absolute atomic E-state index is 0.422. The third-order valence-electron chi connectivity index (χ3n) is 3.40. The van der Waals surface area contributed by atoms with Crippen molar-refractivity contribution in [2.24, 2.45) is 0 Å². The predicted molar refractivity (Wildman–Crippen MR) is 83.0 cm³/mol. The maximum atomic E-state index is 5.88. The number of para-hydroxylation sites is 1. The summed E-state index contributed by atoms with van der Waals surface area (Å²) in [5, 5.41) is 0.964. The van der Waals surface area contributed by atoms with Crippen LogP contribution in [0.3, 0.4) is 0 Å². The average molecular weight is 291 g/mol. The summed E-state index contributed by atoms with van der Waals surface area (Å²) in [6, 6.07) is 11.4. The Bertz CT molecular complexity index is 948. The molecule has 0 unspecified atom stereocenters. The number of pyridine rings is 1. The second-order valence-electron chi connectivity index (χ2n) is 4.87. The van der Waals surface area contributed by atoms with Gasteiger partial charge in [0.15, 0.2) is 0 Å². The van der Waals surface area contributed by atoms with Crippen molar-refractivity contribution in [1.82, 2.24) is 15.0 Å². The zero-order valence-electron chi connectivity index (χ0n) is 12.0. The van der Waals surface area contributed by atoms with Crippen LogP contribution in [0.25, 0.3) is 22.1 Å². The Balaban J connectivity index is 1.96. The lowest BCUT2D eigenvalue weighted by Gasteiger charge is -2.05. The summed E-state index contributed by atoms with van der Waals surface area (Å²) in [5.41, 5.74) is 2.11. The molecular formula is C17H13N3O2. The maximum absolute atomic E-state index is 5.88. The molecule has 0 fully saturated rings. The van der Waals surface area contributed by atoms with Gasteiger partial charge < -0.3 is 9.15 Å². The van der Waals surface area contributed by atoms with Gasteiger partial charge in [0.2, 0.25) is 5.58 Å². The number of furan rings is 1. The fourth-order valence-corrected chi connectivity index (χ4v) is 2.36. The topological polar surface area (TPSA) is 61.0 Å². The number of aromatic nitrogens is 3. The van der Waals surface area contributed by atoms with Crippen LogP contribution in [0, 0.1) is 0 Å². The van der Waals surface area contributed by atoms with Crippen molar-refractivity contribution < 1.29 is 9.15 Å². The van der Waals surface area contributed by atoms with E-state index in [2.05, 4.69) is 15.0 Å². The van der Waals surface area contributed by atoms with E-state index in [9.17, 15) is 0 Å². The Morgan fingerprint density at radius 1 is 1.09 bits per heavy atom. The van der Waals surface area contributed by atoms with E-state index in [4.69, 9.17) is 9.15 Å². The van der Waals surface area contributed by atoms with Crippen molar-refractivity contribution in [2.75, 3.05) is 0 Å². The lowest BCUT2D eigenvalue weighted by atomic mass is 10.2. The first-order chi connectivity index (χ1) is 10.8. The molecule has 3 heterocycles. The Morgan fingerprint density at radius 3 is 2.82 bits per heavy atom. The van der Waals surface area contributed by atoms with Gasteiger partial charge in [-0.1, -0.05) is 19.1 Å². The first kappa shape index (κ1) is 12.8. The highest BCUT2D eigenvalue weighted by Crippen LogP contribution is 2.34. The summed E-state index contributed by atoms with van der Waals surface area (Å²) in [5.74, 6) is 1.76. The fourth-order valence-electron chi connectivity index (χ4n) is 2.36. The van der Waals surface area contributed by atoms with Gasteiger partial charge in [0, 0.05) is 18.0 Å². The van der Waals surface area contributed by atoms with Gasteiger partial charge in [-0.05, 0) is 24.3 Å². The molecule has 1 aromatic carbocycles. The summed E-state index contributed by atoms with van der Waals surface area (Å²) >= 11 is 0. The van der Waals surface area contributed by atoms with Crippen LogP contribution in [-0.4, -0.2) is 15.0 Å². The largest absolute Gasteiger partial charge is 0.449 e. The van der Waals surface area contributed by atoms with Crippen molar-refractivity contribution in [1.29, 1.82) is 0 Å². The summed E-state index contributed by atoms with van der Waals surface area (Å²) in [6.07, 6.45) is 4.06. The first-order valence-corrected chi connectivity index (χ1v) is 7.11. The summed E-state index contributed by atoms with van der Waals surface area (Å²) in [7, 11) is 0. The third-order valence-corrected chi connectivity index (χ3v) is 3.40. The number of fused-ring (bicyclic) bond motifs is 3. The molecule has 5 heteroatoms. The van der Waals surface area contributed by atoms with Crippen LogP contribution in [0.5, 0.6) is 11.6 Å². The highest BCUT2D eigenvalue weighted by molar-refractivity contribution is 6.03. The lowest BCUT2D eigenvalue weighted by Crippen LogP contribution is -1.97. The van der Waals surface area contributed by atoms with Crippen molar-refractivity contribution in [3.63, 3.8) is 0 Å². The van der Waals surface area contributed by atoms with E-state index in [1.54, 1.807) is 12.4 Å². The second-order valence-corrected chi connectivity index (χ2v) is 4.87. The van der Waals surface area contributed by atoms with E-state index in [0.29, 0.717) is 17.2 Å². The lowest BCUT2D eigenvalue weighted by molar-refractivity contribution is 0.452. The molecule has 0 N–H and O–H groups in total. The molecule has 0 amide bonds. The zero-order chi connectivity index (χ0) is 14.9. The van der Waals surface area contributed by atoms with Gasteiger partial charge in [-0.2, -0.15) is 4.98 Å². The van der Waals surface area contributed by atoms with Gasteiger partial charge >= 0.3 is 0 Å². The second kappa shape index (κ2) is 5.11. The molecule has 5 nitrogen and oxygen atoms in total. The Hall–Kier alpha value is -2.95. The average Bonchev–Trinajstić information content (AvgIpc) is 2.95. The molecule has 0 spiro atoms. The molecule has 0 atom stereocenters. The minimum atomic E-state index is 0.422. The van der Waals surface area contributed by atoms with Gasteiger partial charge in [0.25, 0.3) is 5.88 Å². The Labute approximate surface area is 126 Å². The van der Waals surface area contributed by atoms with Gasteiger partial charge in [0.1, 0.15) is 22.7 Å². The SMILES string of the molecule is CCc1nc(Oc2cccnc2)c2oc3ccccc3c2n1. The predicted octanol–water partition coefficient (Wildman–Crippen LogP) is 4.13. The van der Waals surface area contributed by atoms with E-state index in [-0.39, 0.29) is 0 Å². The van der Waals surface area contributed by atoms with Crippen LogP contribution >= 0.6 is 0 Å². The van der Waals surface area contributed by atoms with Gasteiger partial charge in [-0.3, -0.25) is 4.98 Å². The van der Waals surface area contributed by atoms with Crippen LogP contribution in [0.2, 0.25) is 0 Å². The van der Waals surface area contributed by atoms with Crippen LogP contribution in [0.15, 0.2) is 53.2 Å². The molecule has 0 aliphatic rings. The van der Waals surface area contributed by atoms with Gasteiger partial charge in [-0.15, -0.1) is 0 Å². The third kappa shape index (κ3) is 2.07. The minimum Gasteiger partial charge on any atom is -0.449 e. The first-order valence-electron chi connectivity index (χ1n) is 7.11. The van der Waals surface area contributed by atoms with Crippen molar-refractivity contribution in [3.05, 3.63) is 54.6 Å². The number of ether oxygens (including phenoxy) is 1. The fraction of sp³-hybridized carbons (Fsp3) is 0.118. The Morgan fingerprint density at radius 2 is 2.00 bits per heavy atom. The molecule has 0 bridgehead atoms. The number of nitrogens with zero attached hydrogens (tertiary/aromatic N) is 3. The number of aryl methyl sites for hydroxylation is 1. The molecule has 0 aliphatic heterocycles. The van der Waals surface area contributed by atoms with Crippen molar-refractivity contribution in [2.45, 2.75) is 13.3 Å². The van der Waals surface area contributed by atoms with E-state index in [1.165, 1.54) is 0 Å². The molecule has 0 saturated heterocycles. The van der Waals surface area contributed by atoms with E-state index in [0.717, 1.165) is 28.7 Å². The quantitative estimate of drug-likeness (QED) is 0.568. The van der Waals surface area contributed by atoms with Crippen LogP contribution < -0.4 is 4.74 Å². The van der Waals surface area contributed by atoms with Gasteiger partial charge in [0.05, 0.1) is 6.20 Å². The van der Waals surface area contributed by atoms with E-state index < -0.39 is 0 Å². The number of benzene rings is 1. The normalized spacial score (nSPS) is 11.1. The number of hydrogen-bond acceptors (Lipinski definition) is 5. The molecule has 4 rings (SSSR count). The van der Waals surface area contributed by atoms with E-state index in [1.807, 2.05) is 43.3 Å². The maximum Gasteiger partial charge on any atom is 0.267 e. The monoisotopic (exact) mass is 291 g/mol. The molecule has 3 aromatic heterocycles. The van der Waals surface area contributed by atoms with Crippen molar-refractivity contribution >= 4 is 22.1 Å². The molecule has 22 heavy (non-hydrogen) atoms. The zero-order valence-corrected chi connectivity index (χ0v) is 12.0. The molecule has 108 valence electrons. The number of rotatable bonds is 3.